The Labute approximate surface area is 161 Å². The molecule has 2 bridgehead atoms. The van der Waals surface area contributed by atoms with Crippen LogP contribution in [0.15, 0.2) is 91.0 Å². The number of piperazine rings is 1. The Balaban J connectivity index is 1.77. The van der Waals surface area contributed by atoms with E-state index in [1.54, 1.807) is 0 Å². The Morgan fingerprint density at radius 3 is 1.33 bits per heavy atom. The number of nitrogens with one attached hydrogen (secondary N) is 1. The quantitative estimate of drug-likeness (QED) is 0.698. The van der Waals surface area contributed by atoms with Gasteiger partial charge in [0.25, 0.3) is 0 Å². The molecule has 2 heterocycles. The number of hydrogen-bond donors (Lipinski definition) is 1. The lowest BCUT2D eigenvalue weighted by atomic mass is 9.75. The molecule has 136 valence electrons. The van der Waals surface area contributed by atoms with Crippen molar-refractivity contribution in [1.82, 2.24) is 10.2 Å². The second-order valence-corrected chi connectivity index (χ2v) is 7.85. The van der Waals surface area contributed by atoms with Crippen molar-refractivity contribution in [3.8, 4) is 0 Å². The van der Waals surface area contributed by atoms with E-state index in [-0.39, 0.29) is 5.54 Å². The molecule has 2 saturated heterocycles. The van der Waals surface area contributed by atoms with Crippen LogP contribution in [0.1, 0.15) is 29.5 Å². The first-order valence-electron chi connectivity index (χ1n) is 10.0. The SMILES string of the molecule is c1ccc(C(c2ccccc2)(c2ccccc2)N2CC3CCC(C2)N3)cc1. The number of rotatable bonds is 4. The molecule has 2 atom stereocenters. The number of likely N-dealkylation sites (tertiary alicyclic amines) is 1. The van der Waals surface area contributed by atoms with Gasteiger partial charge in [0.15, 0.2) is 0 Å². The average molecular weight is 354 g/mol. The van der Waals surface area contributed by atoms with E-state index in [4.69, 9.17) is 0 Å². The molecule has 5 rings (SSSR count). The van der Waals surface area contributed by atoms with Gasteiger partial charge in [-0.1, -0.05) is 91.0 Å². The normalized spacial score (nSPS) is 22.7. The topological polar surface area (TPSA) is 15.3 Å². The highest BCUT2D eigenvalue weighted by Crippen LogP contribution is 2.44. The molecule has 3 aromatic rings. The standard InChI is InChI=1S/C25H26N2/c1-4-10-20(11-5-1)25(21-12-6-2-7-13-21,22-14-8-3-9-15-22)27-18-23-16-17-24(19-27)26-23/h1-15,23-24,26H,16-19H2. The van der Waals surface area contributed by atoms with Gasteiger partial charge in [0.2, 0.25) is 0 Å². The third-order valence-corrected chi connectivity index (χ3v) is 6.27. The number of benzene rings is 3. The molecule has 2 nitrogen and oxygen atoms in total. The maximum atomic E-state index is 3.81. The Morgan fingerprint density at radius 1 is 0.593 bits per heavy atom. The first-order chi connectivity index (χ1) is 13.4. The van der Waals surface area contributed by atoms with Crippen molar-refractivity contribution < 1.29 is 0 Å². The van der Waals surface area contributed by atoms with Crippen molar-refractivity contribution in [2.45, 2.75) is 30.5 Å². The summed E-state index contributed by atoms with van der Waals surface area (Å²) in [5, 5.41) is 3.81. The largest absolute Gasteiger partial charge is 0.309 e. The highest BCUT2D eigenvalue weighted by atomic mass is 15.3. The second-order valence-electron chi connectivity index (χ2n) is 7.85. The number of nitrogens with zero attached hydrogens (tertiary/aromatic N) is 1. The van der Waals surface area contributed by atoms with Crippen LogP contribution in [0.3, 0.4) is 0 Å². The average Bonchev–Trinajstić information content (AvgIpc) is 3.09. The highest BCUT2D eigenvalue weighted by Gasteiger charge is 2.46. The number of hydrogen-bond acceptors (Lipinski definition) is 2. The van der Waals surface area contributed by atoms with Gasteiger partial charge in [-0.3, -0.25) is 4.90 Å². The zero-order valence-electron chi connectivity index (χ0n) is 15.6. The van der Waals surface area contributed by atoms with Crippen LogP contribution in [0.5, 0.6) is 0 Å². The maximum absolute atomic E-state index is 3.81. The Morgan fingerprint density at radius 2 is 0.963 bits per heavy atom. The van der Waals surface area contributed by atoms with Crippen LogP contribution < -0.4 is 5.32 Å². The molecule has 0 radical (unpaired) electrons. The van der Waals surface area contributed by atoms with Gasteiger partial charge in [-0.05, 0) is 29.5 Å². The van der Waals surface area contributed by atoms with Crippen molar-refractivity contribution in [1.29, 1.82) is 0 Å². The number of fused-ring (bicyclic) bond motifs is 2. The van der Waals surface area contributed by atoms with Crippen LogP contribution in [-0.4, -0.2) is 30.1 Å². The van der Waals surface area contributed by atoms with Gasteiger partial charge in [0.05, 0.1) is 5.54 Å². The van der Waals surface area contributed by atoms with Crippen LogP contribution in [0.4, 0.5) is 0 Å². The Bertz CT molecular complexity index is 767. The minimum Gasteiger partial charge on any atom is -0.309 e. The molecular weight excluding hydrogens is 328 g/mol. The predicted octanol–water partition coefficient (Wildman–Crippen LogP) is 4.41. The lowest BCUT2D eigenvalue weighted by molar-refractivity contribution is 0.108. The van der Waals surface area contributed by atoms with E-state index in [1.807, 2.05) is 0 Å². The van der Waals surface area contributed by atoms with Crippen molar-refractivity contribution in [2.75, 3.05) is 13.1 Å². The van der Waals surface area contributed by atoms with Crippen LogP contribution in [0, 0.1) is 0 Å². The monoisotopic (exact) mass is 354 g/mol. The molecule has 0 spiro atoms. The van der Waals surface area contributed by atoms with Crippen LogP contribution in [0.25, 0.3) is 0 Å². The lowest BCUT2D eigenvalue weighted by Crippen LogP contribution is -2.59. The van der Waals surface area contributed by atoms with Crippen LogP contribution in [-0.2, 0) is 5.54 Å². The molecule has 2 aliphatic heterocycles. The van der Waals surface area contributed by atoms with Gasteiger partial charge in [0, 0.05) is 25.2 Å². The summed E-state index contributed by atoms with van der Waals surface area (Å²) in [7, 11) is 0. The molecular formula is C25H26N2. The minimum atomic E-state index is -0.257. The van der Waals surface area contributed by atoms with E-state index >= 15 is 0 Å². The van der Waals surface area contributed by atoms with Gasteiger partial charge in [-0.15, -0.1) is 0 Å². The predicted molar refractivity (Wildman–Crippen MR) is 111 cm³/mol. The summed E-state index contributed by atoms with van der Waals surface area (Å²) in [6.45, 7) is 2.16. The molecule has 0 aliphatic carbocycles. The van der Waals surface area contributed by atoms with E-state index in [0.29, 0.717) is 12.1 Å². The summed E-state index contributed by atoms with van der Waals surface area (Å²) in [6.07, 6.45) is 2.57. The summed E-state index contributed by atoms with van der Waals surface area (Å²) in [5.74, 6) is 0. The minimum absolute atomic E-state index is 0.257. The molecule has 3 aromatic carbocycles. The second kappa shape index (κ2) is 6.95. The lowest BCUT2D eigenvalue weighted by Gasteiger charge is -2.49. The molecule has 0 saturated carbocycles. The van der Waals surface area contributed by atoms with Crippen LogP contribution >= 0.6 is 0 Å². The van der Waals surface area contributed by atoms with Crippen molar-refractivity contribution in [2.24, 2.45) is 0 Å². The van der Waals surface area contributed by atoms with Gasteiger partial charge >= 0.3 is 0 Å². The third-order valence-electron chi connectivity index (χ3n) is 6.27. The summed E-state index contributed by atoms with van der Waals surface area (Å²) in [4.78, 5) is 2.73. The molecule has 2 aliphatic rings. The van der Waals surface area contributed by atoms with Gasteiger partial charge < -0.3 is 5.32 Å². The zero-order valence-corrected chi connectivity index (χ0v) is 15.6. The fourth-order valence-corrected chi connectivity index (χ4v) is 5.16. The van der Waals surface area contributed by atoms with Gasteiger partial charge in [-0.25, -0.2) is 0 Å². The molecule has 27 heavy (non-hydrogen) atoms. The van der Waals surface area contributed by atoms with E-state index in [1.165, 1.54) is 29.5 Å². The fourth-order valence-electron chi connectivity index (χ4n) is 5.16. The first kappa shape index (κ1) is 16.7. The van der Waals surface area contributed by atoms with Crippen LogP contribution in [0.2, 0.25) is 0 Å². The maximum Gasteiger partial charge on any atom is 0.0974 e. The van der Waals surface area contributed by atoms with E-state index in [2.05, 4.69) is 101 Å². The fraction of sp³-hybridized carbons (Fsp3) is 0.280. The van der Waals surface area contributed by atoms with Crippen molar-refractivity contribution >= 4 is 0 Å². The summed E-state index contributed by atoms with van der Waals surface area (Å²) < 4.78 is 0. The Hall–Kier alpha value is -2.42. The molecule has 2 fully saturated rings. The molecule has 0 aromatic heterocycles. The molecule has 1 N–H and O–H groups in total. The third kappa shape index (κ3) is 2.80. The Kier molecular flexibility index (Phi) is 4.31. The van der Waals surface area contributed by atoms with E-state index < -0.39 is 0 Å². The van der Waals surface area contributed by atoms with E-state index in [9.17, 15) is 0 Å². The van der Waals surface area contributed by atoms with Gasteiger partial charge in [-0.2, -0.15) is 0 Å². The van der Waals surface area contributed by atoms with Crippen molar-refractivity contribution in [3.63, 3.8) is 0 Å². The van der Waals surface area contributed by atoms with Crippen molar-refractivity contribution in [3.05, 3.63) is 108 Å². The van der Waals surface area contributed by atoms with Gasteiger partial charge in [0.1, 0.15) is 0 Å². The molecule has 0 amide bonds. The highest BCUT2D eigenvalue weighted by molar-refractivity contribution is 5.50. The summed E-state index contributed by atoms with van der Waals surface area (Å²) in [6, 6.07) is 34.4. The molecule has 2 heteroatoms. The smallest absolute Gasteiger partial charge is 0.0974 e. The molecule has 2 unspecified atom stereocenters. The summed E-state index contributed by atoms with van der Waals surface area (Å²) in [5.41, 5.74) is 3.79. The zero-order chi connectivity index (χ0) is 18.1. The first-order valence-corrected chi connectivity index (χ1v) is 10.0. The van der Waals surface area contributed by atoms with E-state index in [0.717, 1.165) is 13.1 Å². The summed E-state index contributed by atoms with van der Waals surface area (Å²) >= 11 is 0.